The number of carbonyl (C=O) groups excluding carboxylic acids is 2. The first-order valence-electron chi connectivity index (χ1n) is 12.8. The Morgan fingerprint density at radius 1 is 0.895 bits per heavy atom. The second kappa shape index (κ2) is 13.4. The van der Waals surface area contributed by atoms with Crippen LogP contribution < -0.4 is 16.4 Å². The number of primary amides is 1. The molecule has 0 aliphatic carbocycles. The van der Waals surface area contributed by atoms with Gasteiger partial charge in [0.1, 0.15) is 11.9 Å². The summed E-state index contributed by atoms with van der Waals surface area (Å²) in [6, 6.07) is 21.9. The van der Waals surface area contributed by atoms with Gasteiger partial charge in [-0.25, -0.2) is 9.18 Å². The standard InChI is InChI=1S/C30H33FN4O3/c31-25-14-12-23(13-15-25)20-38-28(29(32)36)7-3-4-21-8-10-22(11-9-21)18-35-30(37)33-17-16-24-19-34-27-6-2-1-5-26(24)27/h1-2,5-6,8-15,19,28,34H,3-4,7,16-18,20H2,(H2,32,36)(H2,33,35,37). The third-order valence-corrected chi connectivity index (χ3v) is 6.44. The van der Waals surface area contributed by atoms with E-state index in [1.807, 2.05) is 48.7 Å². The number of para-hydroxylation sites is 1. The molecule has 4 aromatic rings. The van der Waals surface area contributed by atoms with Gasteiger partial charge < -0.3 is 26.1 Å². The van der Waals surface area contributed by atoms with Crippen molar-refractivity contribution in [1.29, 1.82) is 0 Å². The zero-order chi connectivity index (χ0) is 26.7. The van der Waals surface area contributed by atoms with Gasteiger partial charge in [0.05, 0.1) is 6.61 Å². The van der Waals surface area contributed by atoms with Crippen LogP contribution in [0.2, 0.25) is 0 Å². The molecule has 1 heterocycles. The van der Waals surface area contributed by atoms with Crippen LogP contribution in [0.1, 0.15) is 35.1 Å². The van der Waals surface area contributed by atoms with E-state index in [4.69, 9.17) is 10.5 Å². The fourth-order valence-electron chi connectivity index (χ4n) is 4.29. The highest BCUT2D eigenvalue weighted by molar-refractivity contribution is 5.83. The number of hydrogen-bond donors (Lipinski definition) is 4. The molecule has 198 valence electrons. The van der Waals surface area contributed by atoms with Crippen molar-refractivity contribution < 1.29 is 18.7 Å². The Balaban J connectivity index is 1.13. The molecule has 1 atom stereocenters. The number of hydrogen-bond acceptors (Lipinski definition) is 3. The maximum absolute atomic E-state index is 13.0. The maximum atomic E-state index is 13.0. The fourth-order valence-corrected chi connectivity index (χ4v) is 4.29. The fraction of sp³-hybridized carbons (Fsp3) is 0.267. The van der Waals surface area contributed by atoms with Crippen molar-refractivity contribution in [3.63, 3.8) is 0 Å². The summed E-state index contributed by atoms with van der Waals surface area (Å²) in [4.78, 5) is 27.2. The zero-order valence-corrected chi connectivity index (χ0v) is 21.2. The van der Waals surface area contributed by atoms with Crippen LogP contribution in [0.25, 0.3) is 10.9 Å². The summed E-state index contributed by atoms with van der Waals surface area (Å²) < 4.78 is 18.7. The topological polar surface area (TPSA) is 109 Å². The van der Waals surface area contributed by atoms with Crippen molar-refractivity contribution in [1.82, 2.24) is 15.6 Å². The number of H-pyrrole nitrogens is 1. The van der Waals surface area contributed by atoms with E-state index >= 15 is 0 Å². The number of ether oxygens (including phenoxy) is 1. The number of rotatable bonds is 13. The first kappa shape index (κ1) is 26.9. The van der Waals surface area contributed by atoms with Crippen molar-refractivity contribution >= 4 is 22.8 Å². The van der Waals surface area contributed by atoms with Crippen molar-refractivity contribution in [2.75, 3.05) is 6.54 Å². The molecule has 4 rings (SSSR count). The Kier molecular flexibility index (Phi) is 9.48. The maximum Gasteiger partial charge on any atom is 0.315 e. The summed E-state index contributed by atoms with van der Waals surface area (Å²) >= 11 is 0. The molecule has 3 amide bonds. The monoisotopic (exact) mass is 516 g/mol. The highest BCUT2D eigenvalue weighted by Crippen LogP contribution is 2.17. The number of aromatic amines is 1. The number of fused-ring (bicyclic) bond motifs is 1. The smallest absolute Gasteiger partial charge is 0.315 e. The molecular formula is C30H33FN4O3. The number of nitrogens with one attached hydrogen (secondary N) is 3. The zero-order valence-electron chi connectivity index (χ0n) is 21.2. The van der Waals surface area contributed by atoms with Crippen molar-refractivity contribution in [2.24, 2.45) is 5.73 Å². The number of halogens is 1. The van der Waals surface area contributed by atoms with Gasteiger partial charge in [0, 0.05) is 30.2 Å². The molecule has 8 heteroatoms. The van der Waals surface area contributed by atoms with Crippen LogP contribution in [0.5, 0.6) is 0 Å². The summed E-state index contributed by atoms with van der Waals surface area (Å²) in [5.74, 6) is -0.823. The highest BCUT2D eigenvalue weighted by atomic mass is 19.1. The summed E-state index contributed by atoms with van der Waals surface area (Å²) in [5.41, 5.74) is 10.7. The average molecular weight is 517 g/mol. The Morgan fingerprint density at radius 2 is 1.61 bits per heavy atom. The minimum absolute atomic E-state index is 0.201. The lowest BCUT2D eigenvalue weighted by Gasteiger charge is -2.15. The molecule has 0 spiro atoms. The van der Waals surface area contributed by atoms with Crippen LogP contribution in [0.4, 0.5) is 9.18 Å². The van der Waals surface area contributed by atoms with E-state index in [1.54, 1.807) is 12.1 Å². The largest absolute Gasteiger partial charge is 0.367 e. The van der Waals surface area contributed by atoms with E-state index in [0.29, 0.717) is 19.5 Å². The van der Waals surface area contributed by atoms with Crippen molar-refractivity contribution in [3.05, 3.63) is 107 Å². The van der Waals surface area contributed by atoms with Gasteiger partial charge in [0.2, 0.25) is 5.91 Å². The molecule has 38 heavy (non-hydrogen) atoms. The Morgan fingerprint density at radius 3 is 2.37 bits per heavy atom. The lowest BCUT2D eigenvalue weighted by atomic mass is 10.0. The van der Waals surface area contributed by atoms with Crippen LogP contribution in [0.15, 0.2) is 79.0 Å². The Bertz CT molecular complexity index is 1340. The second-order valence-corrected chi connectivity index (χ2v) is 9.26. The molecule has 0 aliphatic heterocycles. The third-order valence-electron chi connectivity index (χ3n) is 6.44. The number of benzene rings is 3. The van der Waals surface area contributed by atoms with Gasteiger partial charge in [-0.05, 0) is 66.1 Å². The van der Waals surface area contributed by atoms with Crippen molar-refractivity contribution in [3.8, 4) is 0 Å². The van der Waals surface area contributed by atoms with Gasteiger partial charge in [-0.3, -0.25) is 4.79 Å². The molecule has 5 N–H and O–H groups in total. The van der Waals surface area contributed by atoms with Gasteiger partial charge in [0.15, 0.2) is 0 Å². The molecule has 0 fully saturated rings. The molecule has 0 aliphatic rings. The highest BCUT2D eigenvalue weighted by Gasteiger charge is 2.16. The van der Waals surface area contributed by atoms with Crippen LogP contribution in [0.3, 0.4) is 0 Å². The third kappa shape index (κ3) is 7.91. The van der Waals surface area contributed by atoms with Gasteiger partial charge in [-0.2, -0.15) is 0 Å². The normalized spacial score (nSPS) is 11.8. The Labute approximate surface area is 221 Å². The average Bonchev–Trinajstić information content (AvgIpc) is 3.34. The van der Waals surface area contributed by atoms with Crippen LogP contribution in [-0.2, 0) is 35.5 Å². The van der Waals surface area contributed by atoms with E-state index in [9.17, 15) is 14.0 Å². The lowest BCUT2D eigenvalue weighted by Crippen LogP contribution is -2.36. The van der Waals surface area contributed by atoms with Gasteiger partial charge >= 0.3 is 6.03 Å². The number of nitrogens with two attached hydrogens (primary N) is 1. The van der Waals surface area contributed by atoms with E-state index in [0.717, 1.165) is 41.5 Å². The molecule has 7 nitrogen and oxygen atoms in total. The molecule has 0 saturated heterocycles. The number of urea groups is 1. The van der Waals surface area contributed by atoms with E-state index in [-0.39, 0.29) is 18.5 Å². The van der Waals surface area contributed by atoms with Crippen LogP contribution >= 0.6 is 0 Å². The van der Waals surface area contributed by atoms with Gasteiger partial charge in [-0.1, -0.05) is 54.6 Å². The summed E-state index contributed by atoms with van der Waals surface area (Å²) in [5, 5.41) is 6.98. The van der Waals surface area contributed by atoms with Gasteiger partial charge in [0.25, 0.3) is 0 Å². The van der Waals surface area contributed by atoms with E-state index < -0.39 is 12.0 Å². The van der Waals surface area contributed by atoms with Crippen LogP contribution in [-0.4, -0.2) is 29.6 Å². The number of aryl methyl sites for hydroxylation is 1. The number of aromatic nitrogens is 1. The molecule has 1 unspecified atom stereocenters. The summed E-state index contributed by atoms with van der Waals surface area (Å²) in [6.07, 6.45) is 4.04. The number of amides is 3. The van der Waals surface area contributed by atoms with E-state index in [2.05, 4.69) is 21.7 Å². The van der Waals surface area contributed by atoms with E-state index in [1.165, 1.54) is 23.1 Å². The summed E-state index contributed by atoms with van der Waals surface area (Å²) in [6.45, 7) is 1.18. The van der Waals surface area contributed by atoms with Crippen molar-refractivity contribution in [2.45, 2.75) is 44.9 Å². The molecule has 0 bridgehead atoms. The van der Waals surface area contributed by atoms with Crippen LogP contribution in [0, 0.1) is 5.82 Å². The predicted molar refractivity (Wildman–Crippen MR) is 146 cm³/mol. The first-order chi connectivity index (χ1) is 18.5. The predicted octanol–water partition coefficient (Wildman–Crippen LogP) is 4.74. The molecule has 3 aromatic carbocycles. The van der Waals surface area contributed by atoms with Gasteiger partial charge in [-0.15, -0.1) is 0 Å². The Hall–Kier alpha value is -4.17. The quantitative estimate of drug-likeness (QED) is 0.206. The summed E-state index contributed by atoms with van der Waals surface area (Å²) in [7, 11) is 0. The second-order valence-electron chi connectivity index (χ2n) is 9.26. The molecular weight excluding hydrogens is 483 g/mol. The lowest BCUT2D eigenvalue weighted by molar-refractivity contribution is -0.130. The minimum atomic E-state index is -0.696. The molecule has 0 radical (unpaired) electrons. The molecule has 1 aromatic heterocycles. The molecule has 0 saturated carbocycles. The first-order valence-corrected chi connectivity index (χ1v) is 12.8. The SMILES string of the molecule is NC(=O)C(CCCc1ccc(CNC(=O)NCCc2c[nH]c3ccccc23)cc1)OCc1ccc(F)cc1. The number of carbonyl (C=O) groups is 2. The minimum Gasteiger partial charge on any atom is -0.367 e.